The minimum atomic E-state index is -0.563. The second-order valence-electron chi connectivity index (χ2n) is 5.88. The van der Waals surface area contributed by atoms with Crippen LogP contribution in [0, 0.1) is 3.57 Å². The highest BCUT2D eigenvalue weighted by Gasteiger charge is 2.11. The van der Waals surface area contributed by atoms with Crippen LogP contribution in [0.15, 0.2) is 48.6 Å². The maximum absolute atomic E-state index is 11.6. The zero-order chi connectivity index (χ0) is 20.7. The van der Waals surface area contributed by atoms with Crippen molar-refractivity contribution in [2.24, 2.45) is 0 Å². The fraction of sp³-hybridized carbons (Fsp3) is 0.250. The monoisotopic (exact) mass is 536 g/mol. The molecule has 5 nitrogen and oxygen atoms in total. The Morgan fingerprint density at radius 3 is 2.61 bits per heavy atom. The van der Waals surface area contributed by atoms with Crippen LogP contribution in [-0.2, 0) is 9.53 Å². The predicted octanol–water partition coefficient (Wildman–Crippen LogP) is 5.64. The zero-order valence-electron chi connectivity index (χ0n) is 15.2. The van der Waals surface area contributed by atoms with Crippen molar-refractivity contribution in [3.63, 3.8) is 0 Å². The number of halogens is 3. The summed E-state index contributed by atoms with van der Waals surface area (Å²) in [6, 6.07) is 10.4. The van der Waals surface area contributed by atoms with E-state index in [2.05, 4.69) is 22.6 Å². The molecule has 0 amide bonds. The first-order valence-electron chi connectivity index (χ1n) is 8.37. The molecule has 2 atom stereocenters. The van der Waals surface area contributed by atoms with Gasteiger partial charge in [0.25, 0.3) is 0 Å². The second-order valence-corrected chi connectivity index (χ2v) is 7.89. The topological polar surface area (TPSA) is 65.0 Å². The van der Waals surface area contributed by atoms with Crippen molar-refractivity contribution in [1.82, 2.24) is 0 Å². The van der Waals surface area contributed by atoms with Gasteiger partial charge in [-0.2, -0.15) is 0 Å². The van der Waals surface area contributed by atoms with Gasteiger partial charge in [0.05, 0.1) is 15.2 Å². The molecule has 28 heavy (non-hydrogen) atoms. The first-order chi connectivity index (χ1) is 13.3. The highest BCUT2D eigenvalue weighted by molar-refractivity contribution is 14.1. The maximum Gasteiger partial charge on any atom is 0.330 e. The van der Waals surface area contributed by atoms with Gasteiger partial charge in [0.15, 0.2) is 0 Å². The van der Waals surface area contributed by atoms with Crippen molar-refractivity contribution in [2.45, 2.75) is 26.1 Å². The van der Waals surface area contributed by atoms with Crippen molar-refractivity contribution in [3.05, 3.63) is 62.2 Å². The van der Waals surface area contributed by atoms with Gasteiger partial charge < -0.3 is 19.3 Å². The molecule has 2 aromatic carbocycles. The Kier molecular flexibility index (Phi) is 8.88. The summed E-state index contributed by atoms with van der Waals surface area (Å²) in [5, 5.41) is 9.93. The second kappa shape index (κ2) is 10.9. The molecule has 2 rings (SSSR count). The third-order valence-corrected chi connectivity index (χ3v) is 4.81. The lowest BCUT2D eigenvalue weighted by Crippen LogP contribution is -2.17. The average molecular weight is 537 g/mol. The molecular formula is C20H19Cl2IO5. The van der Waals surface area contributed by atoms with Gasteiger partial charge in [-0.05, 0) is 72.8 Å². The Labute approximate surface area is 187 Å². The van der Waals surface area contributed by atoms with Crippen LogP contribution in [0.4, 0.5) is 0 Å². The van der Waals surface area contributed by atoms with Crippen molar-refractivity contribution in [2.75, 3.05) is 6.61 Å². The fourth-order valence-electron chi connectivity index (χ4n) is 2.05. The van der Waals surface area contributed by atoms with Crippen molar-refractivity contribution < 1.29 is 24.1 Å². The van der Waals surface area contributed by atoms with E-state index in [-0.39, 0.29) is 6.61 Å². The smallest absolute Gasteiger partial charge is 0.330 e. The lowest BCUT2D eigenvalue weighted by atomic mass is 10.3. The number of ether oxygens (including phenoxy) is 3. The molecule has 2 aromatic rings. The van der Waals surface area contributed by atoms with E-state index < -0.39 is 18.2 Å². The summed E-state index contributed by atoms with van der Waals surface area (Å²) in [5.41, 5.74) is 0. The van der Waals surface area contributed by atoms with E-state index in [1.165, 1.54) is 6.08 Å². The fourth-order valence-corrected chi connectivity index (χ4v) is 3.19. The summed E-state index contributed by atoms with van der Waals surface area (Å²) >= 11 is 14.3. The van der Waals surface area contributed by atoms with Crippen LogP contribution in [0.5, 0.6) is 17.2 Å². The van der Waals surface area contributed by atoms with E-state index in [9.17, 15) is 4.79 Å². The largest absolute Gasteiger partial charge is 0.485 e. The number of rotatable bonds is 8. The molecule has 0 heterocycles. The van der Waals surface area contributed by atoms with Crippen LogP contribution >= 0.6 is 45.8 Å². The highest BCUT2D eigenvalue weighted by Crippen LogP contribution is 2.34. The molecule has 0 aliphatic rings. The van der Waals surface area contributed by atoms with Gasteiger partial charge in [0.1, 0.15) is 29.5 Å². The first kappa shape index (κ1) is 22.8. The molecule has 0 spiro atoms. The van der Waals surface area contributed by atoms with Gasteiger partial charge in [0, 0.05) is 17.2 Å². The Balaban J connectivity index is 2.05. The minimum Gasteiger partial charge on any atom is -0.485 e. The van der Waals surface area contributed by atoms with E-state index in [1.807, 2.05) is 0 Å². The molecule has 0 radical (unpaired) electrons. The number of aliphatic hydroxyl groups is 1. The summed E-state index contributed by atoms with van der Waals surface area (Å²) in [6.45, 7) is 3.12. The first-order valence-corrected chi connectivity index (χ1v) is 10.2. The average Bonchev–Trinajstić information content (AvgIpc) is 2.65. The van der Waals surface area contributed by atoms with Gasteiger partial charge in [-0.15, -0.1) is 0 Å². The molecule has 0 aliphatic carbocycles. The Bertz CT molecular complexity index is 856. The van der Waals surface area contributed by atoms with Gasteiger partial charge in [-0.3, -0.25) is 0 Å². The van der Waals surface area contributed by atoms with Crippen LogP contribution in [0.3, 0.4) is 0 Å². The number of carbonyl (C=O) groups is 1. The number of benzene rings is 2. The van der Waals surface area contributed by atoms with Gasteiger partial charge in [0.2, 0.25) is 0 Å². The van der Waals surface area contributed by atoms with E-state index >= 15 is 0 Å². The Morgan fingerprint density at radius 1 is 1.18 bits per heavy atom. The lowest BCUT2D eigenvalue weighted by Gasteiger charge is -2.15. The van der Waals surface area contributed by atoms with Crippen LogP contribution in [0.2, 0.25) is 10.0 Å². The highest BCUT2D eigenvalue weighted by atomic mass is 127. The van der Waals surface area contributed by atoms with Crippen LogP contribution in [0.1, 0.15) is 13.8 Å². The molecule has 1 N–H and O–H groups in total. The SMILES string of the molecule is CC(/C=C/C(=O)OC(C)CO)Oc1cc(Oc2ccc(Cl)cc2I)ccc1Cl. The Morgan fingerprint density at radius 2 is 1.93 bits per heavy atom. The van der Waals surface area contributed by atoms with Crippen LogP contribution in [0.25, 0.3) is 0 Å². The van der Waals surface area contributed by atoms with Gasteiger partial charge in [-0.25, -0.2) is 4.79 Å². The molecule has 0 aliphatic heterocycles. The third kappa shape index (κ3) is 7.16. The molecule has 0 aromatic heterocycles. The zero-order valence-corrected chi connectivity index (χ0v) is 18.9. The van der Waals surface area contributed by atoms with E-state index in [0.29, 0.717) is 27.3 Å². The Hall–Kier alpha value is -1.48. The van der Waals surface area contributed by atoms with E-state index in [0.717, 1.165) is 3.57 Å². The number of esters is 1. The summed E-state index contributed by atoms with van der Waals surface area (Å²) < 4.78 is 17.5. The molecule has 0 bridgehead atoms. The standard InChI is InChI=1S/C20H19Cl2IO5/c1-12(3-8-20(25)27-13(2)11-24)26-19-10-15(5-6-16(19)22)28-18-7-4-14(21)9-17(18)23/h3-10,12-13,24H,11H2,1-2H3/b8-3+. The molecule has 8 heteroatoms. The van der Waals surface area contributed by atoms with Crippen molar-refractivity contribution in [3.8, 4) is 17.2 Å². The normalized spacial score (nSPS) is 13.2. The van der Waals surface area contributed by atoms with Crippen molar-refractivity contribution >= 4 is 51.8 Å². The van der Waals surface area contributed by atoms with Gasteiger partial charge >= 0.3 is 5.97 Å². The minimum absolute atomic E-state index is 0.236. The van der Waals surface area contributed by atoms with E-state index in [1.54, 1.807) is 56.3 Å². The summed E-state index contributed by atoms with van der Waals surface area (Å²) in [7, 11) is 0. The maximum atomic E-state index is 11.6. The lowest BCUT2D eigenvalue weighted by molar-refractivity contribution is -0.143. The molecule has 150 valence electrons. The molecular weight excluding hydrogens is 518 g/mol. The number of hydrogen-bond donors (Lipinski definition) is 1. The summed E-state index contributed by atoms with van der Waals surface area (Å²) in [4.78, 5) is 11.6. The van der Waals surface area contributed by atoms with E-state index in [4.69, 9.17) is 42.5 Å². The number of hydrogen-bond acceptors (Lipinski definition) is 5. The number of aliphatic hydroxyl groups excluding tert-OH is 1. The molecule has 0 saturated carbocycles. The van der Waals surface area contributed by atoms with Gasteiger partial charge in [-0.1, -0.05) is 23.2 Å². The van der Waals surface area contributed by atoms with Crippen LogP contribution in [-0.4, -0.2) is 29.9 Å². The molecule has 2 unspecified atom stereocenters. The predicted molar refractivity (Wildman–Crippen MR) is 118 cm³/mol. The van der Waals surface area contributed by atoms with Crippen molar-refractivity contribution in [1.29, 1.82) is 0 Å². The summed E-state index contributed by atoms with van der Waals surface area (Å²) in [5.74, 6) is 1.06. The summed E-state index contributed by atoms with van der Waals surface area (Å²) in [6.07, 6.45) is 1.78. The molecule has 0 saturated heterocycles. The number of carbonyl (C=O) groups excluding carboxylic acids is 1. The quantitative estimate of drug-likeness (QED) is 0.269. The molecule has 0 fully saturated rings. The third-order valence-electron chi connectivity index (χ3n) is 3.42. The van der Waals surface area contributed by atoms with Crippen LogP contribution < -0.4 is 9.47 Å².